The Balaban J connectivity index is 4.10. The van der Waals surface area contributed by atoms with Crippen LogP contribution in [-0.4, -0.2) is 51.7 Å². The minimum absolute atomic E-state index is 0.00569. The van der Waals surface area contributed by atoms with Crippen LogP contribution >= 0.6 is 0 Å². The van der Waals surface area contributed by atoms with Gasteiger partial charge in [-0.25, -0.2) is 4.79 Å². The molecule has 0 aliphatic heterocycles. The van der Waals surface area contributed by atoms with Crippen LogP contribution in [0.2, 0.25) is 0 Å². The Hall–Kier alpha value is -0.650. The van der Waals surface area contributed by atoms with Crippen LogP contribution in [0.15, 0.2) is 0 Å². The molecule has 0 aliphatic rings. The monoisotopic (exact) mass is 528 g/mol. The van der Waals surface area contributed by atoms with Gasteiger partial charge in [-0.2, -0.15) is 0 Å². The van der Waals surface area contributed by atoms with Crippen LogP contribution in [-0.2, 0) is 23.7 Å². The Morgan fingerprint density at radius 3 is 1.59 bits per heavy atom. The summed E-state index contributed by atoms with van der Waals surface area (Å²) < 4.78 is 21.8. The molecule has 5 heteroatoms. The molecule has 2 unspecified atom stereocenters. The Bertz CT molecular complexity index is 450. The molecule has 0 saturated carbocycles. The van der Waals surface area contributed by atoms with Gasteiger partial charge in [0.2, 0.25) is 0 Å². The van der Waals surface area contributed by atoms with E-state index in [2.05, 4.69) is 13.8 Å². The van der Waals surface area contributed by atoms with Crippen molar-refractivity contribution in [2.45, 2.75) is 162 Å². The lowest BCUT2D eigenvalue weighted by Gasteiger charge is -2.18. The highest BCUT2D eigenvalue weighted by Gasteiger charge is 2.12. The first kappa shape index (κ1) is 36.4. The maximum Gasteiger partial charge on any atom is 0.332 e. The fourth-order valence-electron chi connectivity index (χ4n) is 4.67. The third-order valence-electron chi connectivity index (χ3n) is 7.31. The lowest BCUT2D eigenvalue weighted by Crippen LogP contribution is -2.24. The molecule has 5 nitrogen and oxygen atoms in total. The van der Waals surface area contributed by atoms with E-state index in [9.17, 15) is 4.79 Å². The second kappa shape index (κ2) is 28.4. The van der Waals surface area contributed by atoms with Gasteiger partial charge in [-0.05, 0) is 26.2 Å². The molecule has 0 aromatic heterocycles. The van der Waals surface area contributed by atoms with Gasteiger partial charge in [0.1, 0.15) is 6.61 Å². The highest BCUT2D eigenvalue weighted by atomic mass is 16.6. The zero-order chi connectivity index (χ0) is 27.4. The van der Waals surface area contributed by atoms with Gasteiger partial charge < -0.3 is 18.9 Å². The summed E-state index contributed by atoms with van der Waals surface area (Å²) in [4.78, 5) is 12.1. The highest BCUT2D eigenvalue weighted by molar-refractivity contribution is 5.70. The van der Waals surface area contributed by atoms with Crippen LogP contribution in [0, 0.1) is 5.92 Å². The van der Waals surface area contributed by atoms with E-state index in [0.717, 1.165) is 6.42 Å². The van der Waals surface area contributed by atoms with Crippen LogP contribution in [0.25, 0.3) is 0 Å². The predicted molar refractivity (Wildman–Crippen MR) is 156 cm³/mol. The fraction of sp³-hybridized carbons (Fsp3) is 0.969. The number of carbonyl (C=O) groups excluding carboxylic acids is 1. The van der Waals surface area contributed by atoms with E-state index in [4.69, 9.17) is 18.9 Å². The van der Waals surface area contributed by atoms with Gasteiger partial charge in [0.05, 0.1) is 32.0 Å². The summed E-state index contributed by atoms with van der Waals surface area (Å²) in [6, 6.07) is 0. The maximum atomic E-state index is 12.1. The second-order valence-corrected chi connectivity index (χ2v) is 11.1. The van der Waals surface area contributed by atoms with Gasteiger partial charge >= 0.3 is 5.97 Å². The van der Waals surface area contributed by atoms with E-state index in [-0.39, 0.29) is 24.8 Å². The van der Waals surface area contributed by atoms with Gasteiger partial charge in [-0.1, -0.05) is 129 Å². The quantitative estimate of drug-likeness (QED) is 0.0716. The van der Waals surface area contributed by atoms with Crippen molar-refractivity contribution < 1.29 is 23.7 Å². The van der Waals surface area contributed by atoms with Crippen LogP contribution in [0.4, 0.5) is 0 Å². The van der Waals surface area contributed by atoms with E-state index in [1.165, 1.54) is 116 Å². The Labute approximate surface area is 231 Å². The van der Waals surface area contributed by atoms with Crippen molar-refractivity contribution in [3.8, 4) is 0 Å². The van der Waals surface area contributed by atoms with E-state index < -0.39 is 0 Å². The smallest absolute Gasteiger partial charge is 0.332 e. The molecular weight excluding hydrogens is 464 g/mol. The molecule has 0 bridgehead atoms. The van der Waals surface area contributed by atoms with Gasteiger partial charge in [-0.3, -0.25) is 0 Å². The van der Waals surface area contributed by atoms with Gasteiger partial charge in [0.25, 0.3) is 0 Å². The van der Waals surface area contributed by atoms with Crippen molar-refractivity contribution in [1.82, 2.24) is 0 Å². The molecule has 0 aromatic rings. The topological polar surface area (TPSA) is 54.0 Å². The minimum Gasteiger partial charge on any atom is -0.464 e. The molecule has 0 aromatic carbocycles. The molecule has 222 valence electrons. The van der Waals surface area contributed by atoms with E-state index in [1.54, 1.807) is 7.11 Å². The number of ether oxygens (including phenoxy) is 4. The molecule has 0 fully saturated rings. The number of rotatable bonds is 29. The fourth-order valence-corrected chi connectivity index (χ4v) is 4.67. The number of esters is 1. The molecule has 2 atom stereocenters. The first-order valence-corrected chi connectivity index (χ1v) is 15.9. The number of hydrogen-bond donors (Lipinski definition) is 0. The normalized spacial score (nSPS) is 13.2. The van der Waals surface area contributed by atoms with Crippen molar-refractivity contribution in [3.05, 3.63) is 0 Å². The molecule has 0 heterocycles. The average molecular weight is 529 g/mol. The molecule has 0 N–H and O–H groups in total. The standard InChI is InChI=1S/C32H64O5/c1-6-8-10-12-14-16-18-20-22-31(23-21-19-17-15-13-11-9-7-2)24-25-36-32(33)28-35-26-30(4)37-27-29(3)34-5/h29-31H,6-28H2,1-5H3. The average Bonchev–Trinajstić information content (AvgIpc) is 2.89. The van der Waals surface area contributed by atoms with Crippen LogP contribution in [0.1, 0.15) is 150 Å². The summed E-state index contributed by atoms with van der Waals surface area (Å²) in [5.41, 5.74) is 0. The zero-order valence-corrected chi connectivity index (χ0v) is 25.5. The Morgan fingerprint density at radius 1 is 0.622 bits per heavy atom. The zero-order valence-electron chi connectivity index (χ0n) is 25.5. The van der Waals surface area contributed by atoms with Gasteiger partial charge in [0.15, 0.2) is 0 Å². The molecule has 37 heavy (non-hydrogen) atoms. The molecule has 0 saturated heterocycles. The van der Waals surface area contributed by atoms with Crippen LogP contribution in [0.5, 0.6) is 0 Å². The van der Waals surface area contributed by atoms with Crippen molar-refractivity contribution in [3.63, 3.8) is 0 Å². The first-order chi connectivity index (χ1) is 18.0. The minimum atomic E-state index is -0.268. The molecule has 0 spiro atoms. The lowest BCUT2D eigenvalue weighted by atomic mass is 9.91. The highest BCUT2D eigenvalue weighted by Crippen LogP contribution is 2.22. The maximum absolute atomic E-state index is 12.1. The molecular formula is C32H64O5. The van der Waals surface area contributed by atoms with Gasteiger partial charge in [0, 0.05) is 7.11 Å². The summed E-state index contributed by atoms with van der Waals surface area (Å²) in [5, 5.41) is 0. The van der Waals surface area contributed by atoms with Crippen molar-refractivity contribution in [1.29, 1.82) is 0 Å². The van der Waals surface area contributed by atoms with E-state index in [1.807, 2.05) is 13.8 Å². The lowest BCUT2D eigenvalue weighted by molar-refractivity contribution is -0.151. The van der Waals surface area contributed by atoms with Gasteiger partial charge in [-0.15, -0.1) is 0 Å². The molecule has 0 aliphatic carbocycles. The second-order valence-electron chi connectivity index (χ2n) is 11.1. The Morgan fingerprint density at radius 2 is 1.11 bits per heavy atom. The number of methoxy groups -OCH3 is 1. The summed E-state index contributed by atoms with van der Waals surface area (Å²) in [6.07, 6.45) is 25.3. The van der Waals surface area contributed by atoms with E-state index >= 15 is 0 Å². The first-order valence-electron chi connectivity index (χ1n) is 15.9. The summed E-state index contributed by atoms with van der Waals surface area (Å²) in [5.74, 6) is 0.403. The number of carbonyl (C=O) groups is 1. The largest absolute Gasteiger partial charge is 0.464 e. The van der Waals surface area contributed by atoms with Crippen molar-refractivity contribution >= 4 is 5.97 Å². The predicted octanol–water partition coefficient (Wildman–Crippen LogP) is 9.05. The summed E-state index contributed by atoms with van der Waals surface area (Å²) in [6.45, 7) is 9.86. The number of hydrogen-bond acceptors (Lipinski definition) is 5. The van der Waals surface area contributed by atoms with Crippen LogP contribution < -0.4 is 0 Å². The SMILES string of the molecule is CCCCCCCCCCC(CCCCCCCCCC)CCOC(=O)COCC(C)OCC(C)OC. The molecule has 0 amide bonds. The molecule has 0 rings (SSSR count). The molecule has 0 radical (unpaired) electrons. The third kappa shape index (κ3) is 26.7. The third-order valence-corrected chi connectivity index (χ3v) is 7.31. The summed E-state index contributed by atoms with van der Waals surface area (Å²) in [7, 11) is 1.67. The number of unbranched alkanes of at least 4 members (excludes halogenated alkanes) is 14. The van der Waals surface area contributed by atoms with Crippen molar-refractivity contribution in [2.75, 3.05) is 33.5 Å². The van der Waals surface area contributed by atoms with Crippen LogP contribution in [0.3, 0.4) is 0 Å². The van der Waals surface area contributed by atoms with E-state index in [0.29, 0.717) is 25.7 Å². The Kier molecular flexibility index (Phi) is 27.9. The summed E-state index contributed by atoms with van der Waals surface area (Å²) >= 11 is 0. The van der Waals surface area contributed by atoms with Crippen molar-refractivity contribution in [2.24, 2.45) is 5.92 Å².